The third-order valence-electron chi connectivity index (χ3n) is 3.40. The Labute approximate surface area is 120 Å². The lowest BCUT2D eigenvalue weighted by molar-refractivity contribution is -0.140. The molecule has 3 N–H and O–H groups in total. The monoisotopic (exact) mass is 280 g/mol. The highest BCUT2D eigenvalue weighted by Crippen LogP contribution is 2.20. The molecule has 0 heterocycles. The van der Waals surface area contributed by atoms with Gasteiger partial charge < -0.3 is 15.1 Å². The van der Waals surface area contributed by atoms with E-state index in [9.17, 15) is 9.90 Å². The Bertz CT molecular complexity index is 431. The number of carboxylic acid groups (broad SMARTS) is 1. The zero-order valence-corrected chi connectivity index (χ0v) is 12.5. The van der Waals surface area contributed by atoms with Gasteiger partial charge in [0.05, 0.1) is 6.10 Å². The lowest BCUT2D eigenvalue weighted by atomic mass is 10.0. The minimum Gasteiger partial charge on any atom is -0.480 e. The Balaban J connectivity index is 2.73. The van der Waals surface area contributed by atoms with Gasteiger partial charge in [0, 0.05) is 25.8 Å². The van der Waals surface area contributed by atoms with Gasteiger partial charge in [-0.05, 0) is 31.0 Å². The largest absolute Gasteiger partial charge is 0.480 e. The fourth-order valence-electron chi connectivity index (χ4n) is 2.03. The van der Waals surface area contributed by atoms with Gasteiger partial charge in [-0.2, -0.15) is 0 Å². The van der Waals surface area contributed by atoms with E-state index in [4.69, 9.17) is 5.11 Å². The highest BCUT2D eigenvalue weighted by atomic mass is 16.4. The molecule has 1 aromatic rings. The first-order valence-corrected chi connectivity index (χ1v) is 6.81. The van der Waals surface area contributed by atoms with Crippen LogP contribution in [-0.4, -0.2) is 42.4 Å². The number of aliphatic carboxylic acids is 1. The number of nitrogens with one attached hydrogen (secondary N) is 1. The number of carbonyl (C=O) groups is 1. The van der Waals surface area contributed by atoms with Crippen LogP contribution >= 0.6 is 0 Å². The van der Waals surface area contributed by atoms with Crippen LogP contribution < -0.4 is 10.2 Å². The molecule has 5 nitrogen and oxygen atoms in total. The molecule has 0 aliphatic heterocycles. The highest BCUT2D eigenvalue weighted by Gasteiger charge is 2.22. The topological polar surface area (TPSA) is 72.8 Å². The van der Waals surface area contributed by atoms with E-state index in [1.54, 1.807) is 13.8 Å². The quantitative estimate of drug-likeness (QED) is 0.708. The average molecular weight is 280 g/mol. The van der Waals surface area contributed by atoms with Gasteiger partial charge in [-0.15, -0.1) is 0 Å². The number of nitrogens with zero attached hydrogens (tertiary/aromatic N) is 1. The highest BCUT2D eigenvalue weighted by molar-refractivity contribution is 5.73. The zero-order valence-electron chi connectivity index (χ0n) is 12.5. The van der Waals surface area contributed by atoms with Crippen LogP contribution in [-0.2, 0) is 4.79 Å². The molecule has 1 aromatic carbocycles. The predicted octanol–water partition coefficient (Wildman–Crippen LogP) is 1.63. The summed E-state index contributed by atoms with van der Waals surface area (Å²) in [4.78, 5) is 13.0. The molecule has 0 aliphatic rings. The fraction of sp³-hybridized carbons (Fsp3) is 0.533. The summed E-state index contributed by atoms with van der Waals surface area (Å²) in [5.74, 6) is -0.894. The zero-order chi connectivity index (χ0) is 15.3. The van der Waals surface area contributed by atoms with Gasteiger partial charge in [0.1, 0.15) is 6.04 Å². The molecule has 5 heteroatoms. The lowest BCUT2D eigenvalue weighted by Gasteiger charge is -2.24. The van der Waals surface area contributed by atoms with Crippen LogP contribution in [0.2, 0.25) is 0 Å². The van der Waals surface area contributed by atoms with Crippen LogP contribution in [0.4, 0.5) is 5.69 Å². The molecule has 1 rings (SSSR count). The molecule has 0 aliphatic carbocycles. The van der Waals surface area contributed by atoms with Gasteiger partial charge in [-0.1, -0.05) is 19.1 Å². The average Bonchev–Trinajstić information content (AvgIpc) is 2.43. The van der Waals surface area contributed by atoms with E-state index in [0.717, 1.165) is 11.3 Å². The Hall–Kier alpha value is -1.59. The maximum Gasteiger partial charge on any atom is 0.320 e. The first-order chi connectivity index (χ1) is 9.36. The molecule has 0 saturated heterocycles. The molecule has 3 atom stereocenters. The smallest absolute Gasteiger partial charge is 0.320 e. The van der Waals surface area contributed by atoms with E-state index in [-0.39, 0.29) is 6.04 Å². The molecule has 3 unspecified atom stereocenters. The lowest BCUT2D eigenvalue weighted by Crippen LogP contribution is -2.44. The molecular weight excluding hydrogens is 256 g/mol. The summed E-state index contributed by atoms with van der Waals surface area (Å²) in [5, 5.41) is 22.2. The summed E-state index contributed by atoms with van der Waals surface area (Å²) < 4.78 is 0. The van der Waals surface area contributed by atoms with E-state index < -0.39 is 18.1 Å². The van der Waals surface area contributed by atoms with Crippen molar-refractivity contribution in [2.75, 3.05) is 19.0 Å². The molecule has 112 valence electrons. The van der Waals surface area contributed by atoms with Gasteiger partial charge in [-0.3, -0.25) is 10.1 Å². The molecule has 0 aromatic heterocycles. The van der Waals surface area contributed by atoms with Crippen molar-refractivity contribution in [2.24, 2.45) is 0 Å². The minimum atomic E-state index is -0.894. The summed E-state index contributed by atoms with van der Waals surface area (Å²) in [6.07, 6.45) is -0.258. The van der Waals surface area contributed by atoms with Crippen molar-refractivity contribution in [1.29, 1.82) is 0 Å². The minimum absolute atomic E-state index is 0.332. The molecule has 20 heavy (non-hydrogen) atoms. The number of aliphatic hydroxyl groups excluding tert-OH is 1. The third-order valence-corrected chi connectivity index (χ3v) is 3.40. The number of aliphatic hydroxyl groups is 1. The summed E-state index contributed by atoms with van der Waals surface area (Å²) in [7, 11) is 3.91. The Morgan fingerprint density at radius 1 is 1.30 bits per heavy atom. The maximum atomic E-state index is 11.0. The van der Waals surface area contributed by atoms with Gasteiger partial charge in [0.15, 0.2) is 0 Å². The summed E-state index contributed by atoms with van der Waals surface area (Å²) in [5.41, 5.74) is 1.83. The van der Waals surface area contributed by atoms with Gasteiger partial charge in [-0.25, -0.2) is 0 Å². The van der Waals surface area contributed by atoms with Gasteiger partial charge >= 0.3 is 5.97 Å². The number of rotatable bonds is 7. The summed E-state index contributed by atoms with van der Waals surface area (Å²) in [6.45, 7) is 3.59. The standard InChI is InChI=1S/C15H24N2O3/c1-5-13(15(19)20)16-10(2)14(18)11-6-8-12(9-7-11)17(3)4/h6-10,13-14,16,18H,5H2,1-4H3,(H,19,20). The molecule has 0 spiro atoms. The Morgan fingerprint density at radius 2 is 1.85 bits per heavy atom. The van der Waals surface area contributed by atoms with Gasteiger partial charge in [0.25, 0.3) is 0 Å². The van der Waals surface area contributed by atoms with E-state index in [0.29, 0.717) is 6.42 Å². The van der Waals surface area contributed by atoms with Crippen LogP contribution in [0.3, 0.4) is 0 Å². The number of anilines is 1. The van der Waals surface area contributed by atoms with E-state index in [1.807, 2.05) is 43.3 Å². The normalized spacial score (nSPS) is 15.4. The number of hydrogen-bond donors (Lipinski definition) is 3. The molecule has 0 saturated carbocycles. The van der Waals surface area contributed by atoms with Crippen LogP contribution in [0.5, 0.6) is 0 Å². The fourth-order valence-corrected chi connectivity index (χ4v) is 2.03. The van der Waals surface area contributed by atoms with E-state index in [1.165, 1.54) is 0 Å². The first-order valence-electron chi connectivity index (χ1n) is 6.81. The molecule has 0 bridgehead atoms. The SMILES string of the molecule is CCC(NC(C)C(O)c1ccc(N(C)C)cc1)C(=O)O. The summed E-state index contributed by atoms with van der Waals surface area (Å²) in [6, 6.07) is 6.61. The molecule has 0 amide bonds. The third kappa shape index (κ3) is 4.21. The maximum absolute atomic E-state index is 11.0. The predicted molar refractivity (Wildman–Crippen MR) is 80.0 cm³/mol. The second-order valence-electron chi connectivity index (χ2n) is 5.19. The number of hydrogen-bond acceptors (Lipinski definition) is 4. The van der Waals surface area contributed by atoms with E-state index in [2.05, 4.69) is 5.32 Å². The second kappa shape index (κ2) is 7.26. The Morgan fingerprint density at radius 3 is 2.25 bits per heavy atom. The number of carboxylic acids is 1. The van der Waals surface area contributed by atoms with Crippen molar-refractivity contribution in [2.45, 2.75) is 38.5 Å². The first kappa shape index (κ1) is 16.5. The molecular formula is C15H24N2O3. The second-order valence-corrected chi connectivity index (χ2v) is 5.19. The molecule has 0 radical (unpaired) electrons. The van der Waals surface area contributed by atoms with Crippen molar-refractivity contribution >= 4 is 11.7 Å². The van der Waals surface area contributed by atoms with Crippen molar-refractivity contribution in [3.05, 3.63) is 29.8 Å². The van der Waals surface area contributed by atoms with E-state index >= 15 is 0 Å². The van der Waals surface area contributed by atoms with Crippen LogP contribution in [0.25, 0.3) is 0 Å². The molecule has 0 fully saturated rings. The Kier molecular flexibility index (Phi) is 5.98. The summed E-state index contributed by atoms with van der Waals surface area (Å²) >= 11 is 0. The van der Waals surface area contributed by atoms with Crippen molar-refractivity contribution < 1.29 is 15.0 Å². The van der Waals surface area contributed by atoms with Crippen LogP contribution in [0.15, 0.2) is 24.3 Å². The van der Waals surface area contributed by atoms with Gasteiger partial charge in [0.2, 0.25) is 0 Å². The van der Waals surface area contributed by atoms with Crippen molar-refractivity contribution in [1.82, 2.24) is 5.32 Å². The van der Waals surface area contributed by atoms with Crippen LogP contribution in [0, 0.1) is 0 Å². The van der Waals surface area contributed by atoms with Crippen molar-refractivity contribution in [3.63, 3.8) is 0 Å². The van der Waals surface area contributed by atoms with Crippen LogP contribution in [0.1, 0.15) is 31.9 Å². The number of benzene rings is 1. The van der Waals surface area contributed by atoms with Crippen molar-refractivity contribution in [3.8, 4) is 0 Å².